The Labute approximate surface area is 130 Å². The highest BCUT2D eigenvalue weighted by Crippen LogP contribution is 2.24. The predicted molar refractivity (Wildman–Crippen MR) is 88.3 cm³/mol. The number of hydrogen-bond donors (Lipinski definition) is 1. The lowest BCUT2D eigenvalue weighted by Gasteiger charge is -2.14. The minimum atomic E-state index is 0.680. The molecule has 1 aromatic heterocycles. The van der Waals surface area contributed by atoms with Gasteiger partial charge in [-0.25, -0.2) is 0 Å². The van der Waals surface area contributed by atoms with E-state index in [4.69, 9.17) is 4.42 Å². The molecular weight excluding hydrogens is 260 g/mol. The molecule has 0 saturated carbocycles. The summed E-state index contributed by atoms with van der Waals surface area (Å²) in [6.45, 7) is 14.2. The first kappa shape index (κ1) is 16.6. The highest BCUT2D eigenvalue weighted by molar-refractivity contribution is 5.20. The number of rotatable bonds is 8. The van der Waals surface area contributed by atoms with Crippen LogP contribution in [0.2, 0.25) is 0 Å². The first-order valence-corrected chi connectivity index (χ1v) is 8.59. The molecule has 3 nitrogen and oxygen atoms in total. The minimum absolute atomic E-state index is 0.680. The van der Waals surface area contributed by atoms with E-state index in [-0.39, 0.29) is 0 Å². The van der Waals surface area contributed by atoms with Gasteiger partial charge in [-0.15, -0.1) is 0 Å². The molecular formula is C18H32N2O. The second kappa shape index (κ2) is 8.00. The van der Waals surface area contributed by atoms with Crippen molar-refractivity contribution in [1.82, 2.24) is 10.2 Å². The number of likely N-dealkylation sites (tertiary alicyclic amines) is 1. The normalized spacial score (nSPS) is 19.8. The molecule has 0 spiro atoms. The van der Waals surface area contributed by atoms with Crippen molar-refractivity contribution in [2.75, 3.05) is 19.6 Å². The zero-order valence-corrected chi connectivity index (χ0v) is 14.2. The maximum atomic E-state index is 6.05. The lowest BCUT2D eigenvalue weighted by atomic mass is 10.0. The van der Waals surface area contributed by atoms with Crippen LogP contribution in [0.15, 0.2) is 10.5 Å². The van der Waals surface area contributed by atoms with Crippen LogP contribution in [0.4, 0.5) is 0 Å². The average Bonchev–Trinajstić information content (AvgIpc) is 2.98. The van der Waals surface area contributed by atoms with Crippen LogP contribution in [-0.4, -0.2) is 24.5 Å². The van der Waals surface area contributed by atoms with Gasteiger partial charge in [0.15, 0.2) is 0 Å². The summed E-state index contributed by atoms with van der Waals surface area (Å²) < 4.78 is 6.05. The molecule has 1 aliphatic heterocycles. The van der Waals surface area contributed by atoms with Gasteiger partial charge >= 0.3 is 0 Å². The van der Waals surface area contributed by atoms with Crippen molar-refractivity contribution >= 4 is 0 Å². The van der Waals surface area contributed by atoms with Crippen molar-refractivity contribution in [3.05, 3.63) is 23.2 Å². The molecule has 2 rings (SSSR count). The summed E-state index contributed by atoms with van der Waals surface area (Å²) >= 11 is 0. The van der Waals surface area contributed by atoms with Crippen LogP contribution in [0.5, 0.6) is 0 Å². The zero-order valence-electron chi connectivity index (χ0n) is 14.2. The number of nitrogens with one attached hydrogen (secondary N) is 1. The van der Waals surface area contributed by atoms with Gasteiger partial charge in [-0.2, -0.15) is 0 Å². The molecule has 1 aromatic rings. The lowest BCUT2D eigenvalue weighted by Crippen LogP contribution is -2.20. The number of aryl methyl sites for hydroxylation is 1. The predicted octanol–water partition coefficient (Wildman–Crippen LogP) is 3.96. The van der Waals surface area contributed by atoms with E-state index in [9.17, 15) is 0 Å². The summed E-state index contributed by atoms with van der Waals surface area (Å²) in [5.41, 5.74) is 1.28. The van der Waals surface area contributed by atoms with Crippen LogP contribution in [0.25, 0.3) is 0 Å². The molecule has 0 amide bonds. The SMILES string of the molecule is CCCC1CCN(Cc2cc(C)c(CNCC(C)C)o2)C1. The monoisotopic (exact) mass is 292 g/mol. The fourth-order valence-electron chi connectivity index (χ4n) is 3.24. The van der Waals surface area contributed by atoms with E-state index in [1.807, 2.05) is 0 Å². The third-order valence-corrected chi connectivity index (χ3v) is 4.36. The first-order valence-electron chi connectivity index (χ1n) is 8.59. The van der Waals surface area contributed by atoms with E-state index in [1.54, 1.807) is 0 Å². The zero-order chi connectivity index (χ0) is 15.2. The molecule has 1 saturated heterocycles. The molecule has 0 aromatic carbocycles. The molecule has 21 heavy (non-hydrogen) atoms. The van der Waals surface area contributed by atoms with E-state index >= 15 is 0 Å². The van der Waals surface area contributed by atoms with Gasteiger partial charge in [-0.1, -0.05) is 27.2 Å². The Balaban J connectivity index is 1.82. The van der Waals surface area contributed by atoms with Gasteiger partial charge in [0.1, 0.15) is 11.5 Å². The minimum Gasteiger partial charge on any atom is -0.463 e. The quantitative estimate of drug-likeness (QED) is 0.786. The van der Waals surface area contributed by atoms with Crippen molar-refractivity contribution in [2.24, 2.45) is 11.8 Å². The highest BCUT2D eigenvalue weighted by atomic mass is 16.3. The third-order valence-electron chi connectivity index (χ3n) is 4.36. The maximum absolute atomic E-state index is 6.05. The Hall–Kier alpha value is -0.800. The number of furan rings is 1. The molecule has 3 heteroatoms. The molecule has 0 aliphatic carbocycles. The van der Waals surface area contributed by atoms with E-state index in [0.717, 1.165) is 37.1 Å². The van der Waals surface area contributed by atoms with Gasteiger partial charge in [0.25, 0.3) is 0 Å². The van der Waals surface area contributed by atoms with Crippen LogP contribution >= 0.6 is 0 Å². The largest absolute Gasteiger partial charge is 0.463 e. The summed E-state index contributed by atoms with van der Waals surface area (Å²) in [7, 11) is 0. The van der Waals surface area contributed by atoms with Gasteiger partial charge in [-0.3, -0.25) is 4.90 Å². The van der Waals surface area contributed by atoms with E-state index in [0.29, 0.717) is 5.92 Å². The van der Waals surface area contributed by atoms with Crippen molar-refractivity contribution in [2.45, 2.75) is 60.0 Å². The molecule has 2 heterocycles. The van der Waals surface area contributed by atoms with Crippen molar-refractivity contribution < 1.29 is 4.42 Å². The van der Waals surface area contributed by atoms with Crippen molar-refractivity contribution in [3.8, 4) is 0 Å². The second-order valence-electron chi connectivity index (χ2n) is 7.02. The molecule has 1 unspecified atom stereocenters. The second-order valence-corrected chi connectivity index (χ2v) is 7.02. The standard InChI is InChI=1S/C18H32N2O/c1-5-6-16-7-8-20(12-16)13-17-9-15(4)18(21-17)11-19-10-14(2)3/h9,14,16,19H,5-8,10-13H2,1-4H3. The van der Waals surface area contributed by atoms with Gasteiger partial charge in [-0.05, 0) is 56.3 Å². The highest BCUT2D eigenvalue weighted by Gasteiger charge is 2.22. The summed E-state index contributed by atoms with van der Waals surface area (Å²) in [6.07, 6.45) is 4.04. The van der Waals surface area contributed by atoms with Gasteiger partial charge < -0.3 is 9.73 Å². The van der Waals surface area contributed by atoms with Crippen LogP contribution in [-0.2, 0) is 13.1 Å². The summed E-state index contributed by atoms with van der Waals surface area (Å²) in [5.74, 6) is 3.82. The summed E-state index contributed by atoms with van der Waals surface area (Å²) in [4.78, 5) is 2.55. The topological polar surface area (TPSA) is 28.4 Å². The van der Waals surface area contributed by atoms with Gasteiger partial charge in [0, 0.05) is 6.54 Å². The molecule has 0 bridgehead atoms. The van der Waals surface area contributed by atoms with Crippen LogP contribution in [0.3, 0.4) is 0 Å². The Bertz CT molecular complexity index is 425. The molecule has 120 valence electrons. The number of nitrogens with zero attached hydrogens (tertiary/aromatic N) is 1. The first-order chi connectivity index (χ1) is 10.1. The van der Waals surface area contributed by atoms with E-state index < -0.39 is 0 Å². The van der Waals surface area contributed by atoms with Gasteiger partial charge in [0.05, 0.1) is 13.1 Å². The van der Waals surface area contributed by atoms with Crippen LogP contribution in [0.1, 0.15) is 57.1 Å². The van der Waals surface area contributed by atoms with E-state index in [1.165, 1.54) is 37.9 Å². The number of hydrogen-bond acceptors (Lipinski definition) is 3. The lowest BCUT2D eigenvalue weighted by molar-refractivity contribution is 0.279. The Morgan fingerprint density at radius 2 is 2.24 bits per heavy atom. The molecule has 1 aliphatic rings. The van der Waals surface area contributed by atoms with E-state index in [2.05, 4.69) is 44.0 Å². The summed E-state index contributed by atoms with van der Waals surface area (Å²) in [6, 6.07) is 2.22. The maximum Gasteiger partial charge on any atom is 0.120 e. The fourth-order valence-corrected chi connectivity index (χ4v) is 3.24. The molecule has 1 N–H and O–H groups in total. The molecule has 0 radical (unpaired) electrons. The average molecular weight is 292 g/mol. The van der Waals surface area contributed by atoms with Crippen LogP contribution in [0, 0.1) is 18.8 Å². The van der Waals surface area contributed by atoms with Crippen LogP contribution < -0.4 is 5.32 Å². The molecule has 1 fully saturated rings. The molecule has 1 atom stereocenters. The van der Waals surface area contributed by atoms with Gasteiger partial charge in [0.2, 0.25) is 0 Å². The Morgan fingerprint density at radius 1 is 1.43 bits per heavy atom. The van der Waals surface area contributed by atoms with Crippen molar-refractivity contribution in [1.29, 1.82) is 0 Å². The Kier molecular flexibility index (Phi) is 6.31. The summed E-state index contributed by atoms with van der Waals surface area (Å²) in [5, 5.41) is 3.47. The smallest absolute Gasteiger partial charge is 0.120 e. The Morgan fingerprint density at radius 3 is 2.95 bits per heavy atom. The third kappa shape index (κ3) is 5.15. The fraction of sp³-hybridized carbons (Fsp3) is 0.778. The van der Waals surface area contributed by atoms with Crippen molar-refractivity contribution in [3.63, 3.8) is 0 Å².